The van der Waals surface area contributed by atoms with Crippen LogP contribution in [-0.2, 0) is 30.3 Å². The van der Waals surface area contributed by atoms with Gasteiger partial charge in [0, 0.05) is 12.5 Å². The molecule has 4 nitrogen and oxygen atoms in total. The Balaban J connectivity index is -0.000000392. The van der Waals surface area contributed by atoms with Gasteiger partial charge in [0.15, 0.2) is 0 Å². The zero-order chi connectivity index (χ0) is 15.8. The third-order valence-electron chi connectivity index (χ3n) is 3.86. The van der Waals surface area contributed by atoms with Crippen molar-refractivity contribution in [2.45, 2.75) is 72.8 Å². The second-order valence-corrected chi connectivity index (χ2v) is 6.70. The molecule has 2 unspecified atom stereocenters. The van der Waals surface area contributed by atoms with Crippen molar-refractivity contribution in [2.75, 3.05) is 0 Å². The molecule has 0 aromatic heterocycles. The van der Waals surface area contributed by atoms with Crippen molar-refractivity contribution in [3.8, 4) is 0 Å². The summed E-state index contributed by atoms with van der Waals surface area (Å²) in [6.07, 6.45) is 4.83. The van der Waals surface area contributed by atoms with E-state index < -0.39 is 0 Å². The second-order valence-electron chi connectivity index (χ2n) is 6.31. The molecule has 0 spiro atoms. The van der Waals surface area contributed by atoms with Gasteiger partial charge in [0.25, 0.3) is 0 Å². The van der Waals surface area contributed by atoms with Crippen molar-refractivity contribution >= 4 is 11.8 Å². The largest absolute Gasteiger partial charge is 1.00 e. The zero-order valence-corrected chi connectivity index (χ0v) is 17.3. The minimum absolute atomic E-state index is 0. The van der Waals surface area contributed by atoms with Crippen molar-refractivity contribution in [3.63, 3.8) is 0 Å². The van der Waals surface area contributed by atoms with Crippen LogP contribution in [0, 0.1) is 11.3 Å². The maximum atomic E-state index is 11.3. The third kappa shape index (κ3) is 11.8. The first-order valence-corrected chi connectivity index (χ1v) is 8.28. The predicted octanol–water partition coefficient (Wildman–Crippen LogP) is -3.29. The summed E-state index contributed by atoms with van der Waals surface area (Å²) >= 11 is 1.63. The van der Waals surface area contributed by atoms with E-state index in [1.54, 1.807) is 20.7 Å². The number of hydrogen-bond acceptors (Lipinski definition) is 2. The molecule has 129 valence electrons. The molecule has 1 saturated carbocycles. The van der Waals surface area contributed by atoms with E-state index in [-0.39, 0.29) is 36.6 Å². The van der Waals surface area contributed by atoms with Gasteiger partial charge >= 0.3 is 48.5 Å². The van der Waals surface area contributed by atoms with E-state index in [1.807, 2.05) is 13.8 Å². The van der Waals surface area contributed by atoms with Gasteiger partial charge in [-0.25, -0.2) is 0 Å². The van der Waals surface area contributed by atoms with Crippen LogP contribution < -0.4 is 33.9 Å². The van der Waals surface area contributed by atoms with E-state index in [4.69, 9.17) is 0 Å². The van der Waals surface area contributed by atoms with Crippen LogP contribution in [0.5, 0.6) is 0 Å². The molecule has 2 N–H and O–H groups in total. The molecule has 1 aliphatic rings. The molecule has 0 aromatic rings. The summed E-state index contributed by atoms with van der Waals surface area (Å²) < 4.78 is 2.48. The van der Waals surface area contributed by atoms with Crippen LogP contribution in [0.15, 0.2) is 0 Å². The maximum absolute atomic E-state index is 11.3. The van der Waals surface area contributed by atoms with Gasteiger partial charge in [0.05, 0.1) is 0 Å². The molecule has 2 atom stereocenters. The number of rotatable bonds is 3. The quantitative estimate of drug-likeness (QED) is 0.499. The van der Waals surface area contributed by atoms with Crippen molar-refractivity contribution in [2.24, 2.45) is 11.3 Å². The molecule has 22 heavy (non-hydrogen) atoms. The monoisotopic (exact) mass is 387 g/mol. The van der Waals surface area contributed by atoms with E-state index >= 15 is 0 Å². The molecule has 0 radical (unpaired) electrons. The van der Waals surface area contributed by atoms with E-state index in [2.05, 4.69) is 29.9 Å². The molecule has 1 fully saturated rings. The fourth-order valence-electron chi connectivity index (χ4n) is 2.31. The normalized spacial score (nSPS) is 22.0. The van der Waals surface area contributed by atoms with Crippen LogP contribution >= 0.6 is 0 Å². The van der Waals surface area contributed by atoms with Gasteiger partial charge in [-0.15, -0.1) is 0 Å². The molecule has 0 aromatic carbocycles. The van der Waals surface area contributed by atoms with Gasteiger partial charge in [0.2, 0.25) is 5.91 Å². The minimum Gasteiger partial charge on any atom is -1.00 e. The van der Waals surface area contributed by atoms with Crippen LogP contribution in [0.4, 0.5) is 0 Å². The molecule has 1 aliphatic carbocycles. The first kappa shape index (κ1) is 27.1. The van der Waals surface area contributed by atoms with E-state index in [0.29, 0.717) is 30.2 Å². The van der Waals surface area contributed by atoms with Gasteiger partial charge in [-0.1, -0.05) is 27.7 Å². The smallest absolute Gasteiger partial charge is 1.00 e. The van der Waals surface area contributed by atoms with E-state index in [0.717, 1.165) is 6.42 Å². The summed E-state index contributed by atoms with van der Waals surface area (Å²) in [5.41, 5.74) is 0.401. The van der Waals surface area contributed by atoms with Crippen LogP contribution in [-0.4, -0.2) is 17.9 Å². The van der Waals surface area contributed by atoms with Crippen molar-refractivity contribution in [1.29, 1.82) is 0 Å². The summed E-state index contributed by atoms with van der Waals surface area (Å²) in [6, 6.07) is 0.395. The van der Waals surface area contributed by atoms with Crippen LogP contribution in [0.2, 0.25) is 0 Å². The summed E-state index contributed by atoms with van der Waals surface area (Å²) in [6.45, 7) is 10.6. The van der Waals surface area contributed by atoms with Crippen molar-refractivity contribution in [1.82, 2.24) is 9.12 Å². The van der Waals surface area contributed by atoms with Crippen LogP contribution in [0.1, 0.15) is 66.7 Å². The number of amides is 2. The zero-order valence-electron chi connectivity index (χ0n) is 14.3. The topological polar surface area (TPSA) is 58.2 Å². The van der Waals surface area contributed by atoms with Crippen LogP contribution in [0.3, 0.4) is 0 Å². The van der Waals surface area contributed by atoms with Gasteiger partial charge in [-0.2, -0.15) is 0 Å². The summed E-state index contributed by atoms with van der Waals surface area (Å²) in [5, 5.41) is 3.13. The van der Waals surface area contributed by atoms with Gasteiger partial charge < -0.3 is 30.1 Å². The van der Waals surface area contributed by atoms with E-state index in [1.165, 1.54) is 12.8 Å². The predicted molar refractivity (Wildman–Crippen MR) is 77.5 cm³/mol. The van der Waals surface area contributed by atoms with Gasteiger partial charge in [-0.3, -0.25) is 4.79 Å². The second kappa shape index (κ2) is 13.7. The number of halogens is 2. The molecule has 0 heterocycles. The number of nitrogens with one attached hydrogen (secondary N) is 2. The molecule has 0 bridgehead atoms. The Morgan fingerprint density at radius 2 is 1.64 bits per heavy atom. The average Bonchev–Trinajstić information content (AvgIpc) is 2.42. The first-order chi connectivity index (χ1) is 9.25. The fraction of sp³-hybridized carbons (Fsp3) is 0.867. The minimum atomic E-state index is 0. The average molecular weight is 388 g/mol. The molecule has 0 aliphatic heterocycles. The van der Waals surface area contributed by atoms with Crippen LogP contribution in [0.25, 0.3) is 0 Å². The Hall–Kier alpha value is 0.234. The Kier molecular flexibility index (Phi) is 16.8. The number of hydrogen-bond donors (Lipinski definition) is 2. The Morgan fingerprint density at radius 3 is 2.00 bits per heavy atom. The Bertz CT molecular complexity index is 323. The summed E-state index contributed by atoms with van der Waals surface area (Å²) in [4.78, 5) is 21.4. The van der Waals surface area contributed by atoms with Gasteiger partial charge in [0.1, 0.15) is 0 Å². The summed E-state index contributed by atoms with van der Waals surface area (Å²) in [7, 11) is 0. The molecule has 0 saturated heterocycles. The van der Waals surface area contributed by atoms with Crippen molar-refractivity contribution in [3.05, 3.63) is 0 Å². The molecular formula is C15H29Cl2N2O2Ti. The summed E-state index contributed by atoms with van der Waals surface area (Å²) in [5.74, 6) is 0.924. The Labute approximate surface area is 159 Å². The number of carbonyl (C=O) groups is 2. The maximum Gasteiger partial charge on any atom is -1.00 e. The standard InChI is InChI=1S/C12H23NO.C3H7NO.2ClH.Ti/c1-5-11(14)13-10-8-12(3,4)7-6-9(10)2;1-2-3(4)5;;;/h9-10H,5-8H2,1-4H3,(H,13,14);2H2,1H3,(H2,4,5);2*1H;/q;;;;+3/p-3. The molecule has 2 amide bonds. The Morgan fingerprint density at radius 1 is 1.14 bits per heavy atom. The van der Waals surface area contributed by atoms with E-state index in [9.17, 15) is 9.59 Å². The molecule has 1 rings (SSSR count). The first-order valence-electron chi connectivity index (χ1n) is 7.50. The fourth-order valence-corrected chi connectivity index (χ4v) is 2.58. The molecular weight excluding hydrogens is 359 g/mol. The van der Waals surface area contributed by atoms with Crippen molar-refractivity contribution < 1.29 is 55.1 Å². The third-order valence-corrected chi connectivity index (χ3v) is 4.30. The number of carbonyl (C=O) groups excluding carboxylic acids is 2. The SMILES string of the molecule is CCC(=O)NC1CC(C)(C)CCC1C.CCC(=O)[NH][Ti+2].[Cl-].[Cl-]. The molecule has 7 heteroatoms. The van der Waals surface area contributed by atoms with Gasteiger partial charge in [-0.05, 0) is 30.6 Å².